The molecule has 0 aliphatic carbocycles. The van der Waals surface area contributed by atoms with E-state index in [2.05, 4.69) is 22.5 Å². The molecule has 1 aliphatic rings. The van der Waals surface area contributed by atoms with Gasteiger partial charge in [-0.3, -0.25) is 14.4 Å². The quantitative estimate of drug-likeness (QED) is 0.299. The van der Waals surface area contributed by atoms with E-state index >= 15 is 0 Å². The number of unbranched alkanes of at least 4 members (excludes halogenated alkanes) is 1. The number of anilines is 1. The maximum atomic E-state index is 13.0. The van der Waals surface area contributed by atoms with Crippen LogP contribution in [0.4, 0.5) is 11.4 Å². The highest BCUT2D eigenvalue weighted by Gasteiger charge is 2.40. The van der Waals surface area contributed by atoms with E-state index in [4.69, 9.17) is 0 Å². The number of para-hydroxylation sites is 1. The molecule has 1 fully saturated rings. The van der Waals surface area contributed by atoms with Crippen LogP contribution < -0.4 is 15.5 Å². The fourth-order valence-corrected chi connectivity index (χ4v) is 4.15. The Morgan fingerprint density at radius 1 is 1.13 bits per heavy atom. The number of nitrogens with zero attached hydrogens (tertiary/aromatic N) is 2. The molecule has 1 atom stereocenters. The first-order valence-electron chi connectivity index (χ1n) is 10.3. The molecule has 31 heavy (non-hydrogen) atoms. The van der Waals surface area contributed by atoms with Gasteiger partial charge in [-0.1, -0.05) is 43.3 Å². The average Bonchev–Trinajstić information content (AvgIpc) is 3.06. The highest BCUT2D eigenvalue weighted by atomic mass is 32.2. The third kappa shape index (κ3) is 5.73. The Morgan fingerprint density at radius 3 is 2.48 bits per heavy atom. The summed E-state index contributed by atoms with van der Waals surface area (Å²) in [7, 11) is 1.55. The van der Waals surface area contributed by atoms with Gasteiger partial charge in [-0.05, 0) is 42.8 Å². The van der Waals surface area contributed by atoms with Gasteiger partial charge in [0.1, 0.15) is 5.25 Å². The first-order valence-corrected chi connectivity index (χ1v) is 11.1. The number of amides is 3. The largest absolute Gasteiger partial charge is 0.365 e. The number of rotatable bonds is 7. The van der Waals surface area contributed by atoms with E-state index < -0.39 is 5.25 Å². The van der Waals surface area contributed by atoms with Crippen LogP contribution in [0.3, 0.4) is 0 Å². The molecular formula is C23H26N4O3S. The summed E-state index contributed by atoms with van der Waals surface area (Å²) in [5.74, 6) is -0.762. The predicted octanol–water partition coefficient (Wildman–Crippen LogP) is 3.49. The number of hydrogen-bond acceptors (Lipinski definition) is 5. The van der Waals surface area contributed by atoms with Gasteiger partial charge in [-0.25, -0.2) is 9.89 Å². The van der Waals surface area contributed by atoms with Crippen LogP contribution in [0, 0.1) is 0 Å². The van der Waals surface area contributed by atoms with Crippen LogP contribution in [0.2, 0.25) is 0 Å². The van der Waals surface area contributed by atoms with Crippen LogP contribution in [0.25, 0.3) is 0 Å². The molecule has 0 radical (unpaired) electrons. The normalized spacial score (nSPS) is 16.5. The van der Waals surface area contributed by atoms with Gasteiger partial charge in [0, 0.05) is 25.6 Å². The lowest BCUT2D eigenvalue weighted by Gasteiger charge is -2.16. The summed E-state index contributed by atoms with van der Waals surface area (Å²) in [6.45, 7) is 2.85. The van der Waals surface area contributed by atoms with Gasteiger partial charge in [0.25, 0.3) is 5.91 Å². The summed E-state index contributed by atoms with van der Waals surface area (Å²) >= 11 is 1.28. The summed E-state index contributed by atoms with van der Waals surface area (Å²) in [5, 5.41) is 5.92. The molecule has 7 nitrogen and oxygen atoms in total. The van der Waals surface area contributed by atoms with Gasteiger partial charge >= 0.3 is 0 Å². The van der Waals surface area contributed by atoms with E-state index in [0.717, 1.165) is 25.1 Å². The number of amidine groups is 1. The van der Waals surface area contributed by atoms with Crippen LogP contribution >= 0.6 is 11.8 Å². The fourth-order valence-electron chi connectivity index (χ4n) is 3.11. The zero-order chi connectivity index (χ0) is 22.2. The highest BCUT2D eigenvalue weighted by molar-refractivity contribution is 8.15. The third-order valence-corrected chi connectivity index (χ3v) is 5.88. The molecule has 1 aliphatic heterocycles. The number of aliphatic imine (C=N–C) groups is 1. The first kappa shape index (κ1) is 22.6. The lowest BCUT2D eigenvalue weighted by atomic mass is 10.2. The van der Waals surface area contributed by atoms with Crippen molar-refractivity contribution in [3.63, 3.8) is 0 Å². The number of nitrogens with one attached hydrogen (secondary N) is 2. The number of thioether (sulfide) groups is 1. The van der Waals surface area contributed by atoms with Gasteiger partial charge in [-0.2, -0.15) is 0 Å². The maximum Gasteiger partial charge on any atom is 0.251 e. The van der Waals surface area contributed by atoms with Crippen molar-refractivity contribution >= 4 is 46.0 Å². The van der Waals surface area contributed by atoms with Gasteiger partial charge in [0.2, 0.25) is 11.8 Å². The van der Waals surface area contributed by atoms with Crippen molar-refractivity contribution in [2.24, 2.45) is 4.99 Å². The van der Waals surface area contributed by atoms with Crippen LogP contribution in [-0.4, -0.2) is 41.7 Å². The topological polar surface area (TPSA) is 90.9 Å². The molecular weight excluding hydrogens is 412 g/mol. The standard InChI is InChI=1S/C23H26N4O3S/c1-3-4-14-25-23(26-17-8-6-5-7-9-17)31-19-15-20(28)27(22(19)30)18-12-10-16(11-13-18)21(29)24-2/h5-13,19H,3-4,14-15H2,1-2H3,(H,24,29)(H,25,26). The molecule has 0 saturated carbocycles. The molecule has 3 rings (SSSR count). The summed E-state index contributed by atoms with van der Waals surface area (Å²) in [5.41, 5.74) is 1.72. The van der Waals surface area contributed by atoms with E-state index in [0.29, 0.717) is 16.4 Å². The van der Waals surface area contributed by atoms with E-state index in [1.54, 1.807) is 31.3 Å². The predicted molar refractivity (Wildman–Crippen MR) is 125 cm³/mol. The smallest absolute Gasteiger partial charge is 0.251 e. The number of hydrogen-bond donors (Lipinski definition) is 2. The lowest BCUT2D eigenvalue weighted by Crippen LogP contribution is -2.32. The zero-order valence-electron chi connectivity index (χ0n) is 17.6. The minimum atomic E-state index is -0.553. The van der Waals surface area contributed by atoms with Crippen molar-refractivity contribution in [2.75, 3.05) is 18.5 Å². The van der Waals surface area contributed by atoms with Crippen LogP contribution in [0.5, 0.6) is 0 Å². The van der Waals surface area contributed by atoms with Crippen molar-refractivity contribution in [3.8, 4) is 0 Å². The van der Waals surface area contributed by atoms with Crippen LogP contribution in [0.1, 0.15) is 36.5 Å². The van der Waals surface area contributed by atoms with Gasteiger partial charge in [-0.15, -0.1) is 0 Å². The average molecular weight is 439 g/mol. The summed E-state index contributed by atoms with van der Waals surface area (Å²) < 4.78 is 0. The highest BCUT2D eigenvalue weighted by Crippen LogP contribution is 2.31. The van der Waals surface area contributed by atoms with Crippen molar-refractivity contribution in [1.82, 2.24) is 10.6 Å². The van der Waals surface area contributed by atoms with E-state index in [1.807, 2.05) is 30.3 Å². The number of carbonyl (C=O) groups excluding carboxylic acids is 3. The Labute approximate surface area is 186 Å². The molecule has 2 N–H and O–H groups in total. The molecule has 2 aromatic rings. The van der Waals surface area contributed by atoms with Crippen molar-refractivity contribution in [2.45, 2.75) is 31.4 Å². The Morgan fingerprint density at radius 2 is 1.84 bits per heavy atom. The molecule has 0 aromatic heterocycles. The zero-order valence-corrected chi connectivity index (χ0v) is 18.4. The molecule has 3 amide bonds. The van der Waals surface area contributed by atoms with Crippen LogP contribution in [-0.2, 0) is 9.59 Å². The van der Waals surface area contributed by atoms with E-state index in [-0.39, 0.29) is 24.1 Å². The second kappa shape index (κ2) is 10.8. The molecule has 0 bridgehead atoms. The number of carbonyl (C=O) groups is 3. The Hall–Kier alpha value is -3.13. The van der Waals surface area contributed by atoms with Crippen molar-refractivity contribution in [3.05, 3.63) is 60.2 Å². The minimum Gasteiger partial charge on any atom is -0.365 e. The Balaban J connectivity index is 1.76. The molecule has 2 aromatic carbocycles. The summed E-state index contributed by atoms with van der Waals surface area (Å²) in [6, 6.07) is 15.9. The van der Waals surface area contributed by atoms with Crippen LogP contribution in [0.15, 0.2) is 59.6 Å². The summed E-state index contributed by atoms with van der Waals surface area (Å²) in [6.07, 6.45) is 2.12. The lowest BCUT2D eigenvalue weighted by molar-refractivity contribution is -0.121. The number of imide groups is 1. The second-order valence-electron chi connectivity index (χ2n) is 7.04. The Kier molecular flexibility index (Phi) is 7.83. The van der Waals surface area contributed by atoms with Gasteiger partial charge in [0.15, 0.2) is 5.17 Å². The molecule has 162 valence electrons. The number of benzene rings is 2. The molecule has 0 spiro atoms. The first-order chi connectivity index (χ1) is 15.0. The summed E-state index contributed by atoms with van der Waals surface area (Å²) in [4.78, 5) is 43.2. The van der Waals surface area contributed by atoms with Gasteiger partial charge in [0.05, 0.1) is 11.4 Å². The maximum absolute atomic E-state index is 13.0. The van der Waals surface area contributed by atoms with E-state index in [1.165, 1.54) is 16.7 Å². The monoisotopic (exact) mass is 438 g/mol. The van der Waals surface area contributed by atoms with Crippen molar-refractivity contribution in [1.29, 1.82) is 0 Å². The fraction of sp³-hybridized carbons (Fsp3) is 0.304. The molecule has 1 saturated heterocycles. The third-order valence-electron chi connectivity index (χ3n) is 4.77. The van der Waals surface area contributed by atoms with E-state index in [9.17, 15) is 14.4 Å². The van der Waals surface area contributed by atoms with Gasteiger partial charge < -0.3 is 10.6 Å². The molecule has 1 unspecified atom stereocenters. The second-order valence-corrected chi connectivity index (χ2v) is 8.23. The molecule has 8 heteroatoms. The minimum absolute atomic E-state index is 0.101. The SMILES string of the molecule is CCCCN/C(=N\c1ccccc1)SC1CC(=O)N(c2ccc(C(=O)NC)cc2)C1=O. The Bertz CT molecular complexity index is 961. The van der Waals surface area contributed by atoms with Crippen molar-refractivity contribution < 1.29 is 14.4 Å². The molecule has 1 heterocycles.